The molecule has 21 heavy (non-hydrogen) atoms. The zero-order valence-corrected chi connectivity index (χ0v) is 12.2. The van der Waals surface area contributed by atoms with E-state index < -0.39 is 6.10 Å². The fourth-order valence-electron chi connectivity index (χ4n) is 2.15. The summed E-state index contributed by atoms with van der Waals surface area (Å²) in [5, 5.41) is 10.6. The topological polar surface area (TPSA) is 86.8 Å². The average Bonchev–Trinajstić information content (AvgIpc) is 2.52. The second kappa shape index (κ2) is 6.32. The Morgan fingerprint density at radius 1 is 1.00 bits per heavy atom. The van der Waals surface area contributed by atoms with Gasteiger partial charge in [0.15, 0.2) is 11.5 Å². The summed E-state index contributed by atoms with van der Waals surface area (Å²) in [5.41, 5.74) is 7.36. The van der Waals surface area contributed by atoms with E-state index >= 15 is 0 Å². The van der Waals surface area contributed by atoms with Crippen LogP contribution in [0.25, 0.3) is 0 Å². The Balaban J connectivity index is 2.56. The number of anilines is 1. The van der Waals surface area contributed by atoms with Crippen LogP contribution in [-0.2, 0) is 0 Å². The van der Waals surface area contributed by atoms with E-state index in [-0.39, 0.29) is 0 Å². The number of pyridine rings is 1. The molecule has 1 unspecified atom stereocenters. The molecular weight excluding hydrogens is 272 g/mol. The highest BCUT2D eigenvalue weighted by Gasteiger charge is 2.23. The average molecular weight is 290 g/mol. The van der Waals surface area contributed by atoms with E-state index in [1.54, 1.807) is 24.4 Å². The first-order valence-electron chi connectivity index (χ1n) is 6.30. The van der Waals surface area contributed by atoms with Gasteiger partial charge >= 0.3 is 0 Å². The lowest BCUT2D eigenvalue weighted by molar-refractivity contribution is 0.212. The number of nitrogen functional groups attached to an aromatic ring is 1. The summed E-state index contributed by atoms with van der Waals surface area (Å²) < 4.78 is 15.9. The molecule has 2 rings (SSSR count). The van der Waals surface area contributed by atoms with E-state index in [0.29, 0.717) is 34.1 Å². The van der Waals surface area contributed by atoms with Crippen LogP contribution in [0.15, 0.2) is 30.6 Å². The minimum Gasteiger partial charge on any atom is -0.493 e. The van der Waals surface area contributed by atoms with Gasteiger partial charge in [0.05, 0.1) is 21.3 Å². The molecule has 0 saturated heterocycles. The molecule has 0 amide bonds. The van der Waals surface area contributed by atoms with Gasteiger partial charge in [0.25, 0.3) is 0 Å². The van der Waals surface area contributed by atoms with Gasteiger partial charge in [-0.25, -0.2) is 0 Å². The molecule has 6 heteroatoms. The zero-order valence-electron chi connectivity index (χ0n) is 12.2. The van der Waals surface area contributed by atoms with Crippen LogP contribution >= 0.6 is 0 Å². The van der Waals surface area contributed by atoms with Gasteiger partial charge < -0.3 is 25.1 Å². The Hall–Kier alpha value is -2.47. The standard InChI is InChI=1S/C15H18N2O4/c1-19-12-5-4-9(14(20-2)15(12)21-3)13(18)10-8-17-7-6-11(10)16/h4-8,13,18H,1-3H3,(H2,16,17). The number of methoxy groups -OCH3 is 3. The van der Waals surface area contributed by atoms with Gasteiger partial charge in [0, 0.05) is 29.2 Å². The number of hydrogen-bond donors (Lipinski definition) is 2. The number of nitrogens with zero attached hydrogens (tertiary/aromatic N) is 1. The van der Waals surface area contributed by atoms with E-state index in [1.165, 1.54) is 27.5 Å². The van der Waals surface area contributed by atoms with E-state index in [2.05, 4.69) is 4.98 Å². The third kappa shape index (κ3) is 2.71. The van der Waals surface area contributed by atoms with Crippen molar-refractivity contribution in [2.45, 2.75) is 6.10 Å². The zero-order chi connectivity index (χ0) is 15.4. The quantitative estimate of drug-likeness (QED) is 0.872. The lowest BCUT2D eigenvalue weighted by Gasteiger charge is -2.19. The molecular formula is C15H18N2O4. The lowest BCUT2D eigenvalue weighted by atomic mass is 10.00. The molecule has 3 N–H and O–H groups in total. The molecule has 0 fully saturated rings. The molecule has 0 aliphatic carbocycles. The van der Waals surface area contributed by atoms with E-state index in [9.17, 15) is 5.11 Å². The largest absolute Gasteiger partial charge is 0.493 e. The highest BCUT2D eigenvalue weighted by atomic mass is 16.5. The molecule has 6 nitrogen and oxygen atoms in total. The Bertz CT molecular complexity index is 631. The van der Waals surface area contributed by atoms with Crippen LogP contribution < -0.4 is 19.9 Å². The molecule has 1 aromatic carbocycles. The van der Waals surface area contributed by atoms with E-state index in [4.69, 9.17) is 19.9 Å². The van der Waals surface area contributed by atoms with Crippen molar-refractivity contribution in [1.29, 1.82) is 0 Å². The SMILES string of the molecule is COc1ccc(C(O)c2cnccc2N)c(OC)c1OC. The molecule has 112 valence electrons. The number of rotatable bonds is 5. The molecule has 0 aliphatic heterocycles. The number of aliphatic hydroxyl groups excluding tert-OH is 1. The molecule has 0 bridgehead atoms. The molecule has 0 spiro atoms. The first-order chi connectivity index (χ1) is 10.1. The fourth-order valence-corrected chi connectivity index (χ4v) is 2.15. The highest BCUT2D eigenvalue weighted by Crippen LogP contribution is 2.43. The first-order valence-corrected chi connectivity index (χ1v) is 6.30. The van der Waals surface area contributed by atoms with Gasteiger partial charge in [-0.15, -0.1) is 0 Å². The van der Waals surface area contributed by atoms with Crippen LogP contribution in [0.5, 0.6) is 17.2 Å². The van der Waals surface area contributed by atoms with Crippen LogP contribution in [0.3, 0.4) is 0 Å². The predicted octanol–water partition coefficient (Wildman–Crippen LogP) is 1.77. The second-order valence-electron chi connectivity index (χ2n) is 4.33. The van der Waals surface area contributed by atoms with Gasteiger partial charge in [-0.2, -0.15) is 0 Å². The highest BCUT2D eigenvalue weighted by molar-refractivity contribution is 5.59. The van der Waals surface area contributed by atoms with Crippen molar-refractivity contribution in [3.05, 3.63) is 41.7 Å². The van der Waals surface area contributed by atoms with Crippen LogP contribution in [0, 0.1) is 0 Å². The van der Waals surface area contributed by atoms with Crippen molar-refractivity contribution in [2.75, 3.05) is 27.1 Å². The second-order valence-corrected chi connectivity index (χ2v) is 4.33. The van der Waals surface area contributed by atoms with Gasteiger partial charge in [0.2, 0.25) is 5.75 Å². The number of nitrogens with two attached hydrogens (primary N) is 1. The van der Waals surface area contributed by atoms with E-state index in [0.717, 1.165) is 0 Å². The molecule has 0 radical (unpaired) electrons. The van der Waals surface area contributed by atoms with Gasteiger partial charge in [-0.3, -0.25) is 4.98 Å². The van der Waals surface area contributed by atoms with Crippen molar-refractivity contribution in [1.82, 2.24) is 4.98 Å². The summed E-state index contributed by atoms with van der Waals surface area (Å²) in [6.07, 6.45) is 2.11. The number of aromatic nitrogens is 1. The number of ether oxygens (including phenoxy) is 3. The minimum atomic E-state index is -0.978. The van der Waals surface area contributed by atoms with Gasteiger partial charge in [-0.05, 0) is 18.2 Å². The first kappa shape index (κ1) is 14.9. The summed E-state index contributed by atoms with van der Waals surface area (Å²) in [6.45, 7) is 0. The molecule has 1 aromatic heterocycles. The van der Waals surface area contributed by atoms with Crippen molar-refractivity contribution in [3.63, 3.8) is 0 Å². The maximum absolute atomic E-state index is 10.6. The van der Waals surface area contributed by atoms with Crippen LogP contribution in [0.1, 0.15) is 17.2 Å². The van der Waals surface area contributed by atoms with E-state index in [1.807, 2.05) is 0 Å². The summed E-state index contributed by atoms with van der Waals surface area (Å²) in [6, 6.07) is 5.04. The molecule has 1 heterocycles. The van der Waals surface area contributed by atoms with Crippen LogP contribution in [0.2, 0.25) is 0 Å². The van der Waals surface area contributed by atoms with Gasteiger partial charge in [0.1, 0.15) is 6.10 Å². The summed E-state index contributed by atoms with van der Waals surface area (Å²) in [7, 11) is 4.54. The maximum atomic E-state index is 10.6. The van der Waals surface area contributed by atoms with Crippen molar-refractivity contribution >= 4 is 5.69 Å². The number of aliphatic hydroxyl groups is 1. The number of benzene rings is 1. The molecule has 2 aromatic rings. The van der Waals surface area contributed by atoms with Crippen LogP contribution in [-0.4, -0.2) is 31.4 Å². The molecule has 0 aliphatic rings. The Morgan fingerprint density at radius 3 is 2.29 bits per heavy atom. The maximum Gasteiger partial charge on any atom is 0.203 e. The van der Waals surface area contributed by atoms with Gasteiger partial charge in [-0.1, -0.05) is 0 Å². The lowest BCUT2D eigenvalue weighted by Crippen LogP contribution is -2.07. The predicted molar refractivity (Wildman–Crippen MR) is 78.8 cm³/mol. The number of hydrogen-bond acceptors (Lipinski definition) is 6. The van der Waals surface area contributed by atoms with Crippen LogP contribution in [0.4, 0.5) is 5.69 Å². The summed E-state index contributed by atoms with van der Waals surface area (Å²) >= 11 is 0. The van der Waals surface area contributed by atoms with Crippen molar-refractivity contribution < 1.29 is 19.3 Å². The fraction of sp³-hybridized carbons (Fsp3) is 0.267. The third-order valence-electron chi connectivity index (χ3n) is 3.21. The summed E-state index contributed by atoms with van der Waals surface area (Å²) in [4.78, 5) is 3.99. The normalized spacial score (nSPS) is 11.8. The Labute approximate surface area is 123 Å². The monoisotopic (exact) mass is 290 g/mol. The van der Waals surface area contributed by atoms with Crippen molar-refractivity contribution in [2.24, 2.45) is 0 Å². The molecule has 1 atom stereocenters. The van der Waals surface area contributed by atoms with Crippen molar-refractivity contribution in [3.8, 4) is 17.2 Å². The third-order valence-corrected chi connectivity index (χ3v) is 3.21. The molecule has 0 saturated carbocycles. The Morgan fingerprint density at radius 2 is 1.71 bits per heavy atom. The summed E-state index contributed by atoms with van der Waals surface area (Å²) in [5.74, 6) is 1.33. The Kier molecular flexibility index (Phi) is 4.49. The smallest absolute Gasteiger partial charge is 0.203 e. The minimum absolute atomic E-state index is 0.396.